The number of ether oxygens (including phenoxy) is 1. The van der Waals surface area contributed by atoms with Crippen LogP contribution in [0, 0.1) is 0 Å². The predicted molar refractivity (Wildman–Crippen MR) is 49.1 cm³/mol. The van der Waals surface area contributed by atoms with E-state index in [-0.39, 0.29) is 0 Å². The van der Waals surface area contributed by atoms with E-state index < -0.39 is 0 Å². The molecule has 2 heterocycles. The average Bonchev–Trinajstić information content (AvgIpc) is 2.07. The minimum absolute atomic E-state index is 0.321. The zero-order valence-corrected chi connectivity index (χ0v) is 7.79. The summed E-state index contributed by atoms with van der Waals surface area (Å²) >= 11 is 2.08. The zero-order chi connectivity index (χ0) is 7.57. The van der Waals surface area contributed by atoms with Gasteiger partial charge >= 0.3 is 0 Å². The third-order valence-electron chi connectivity index (χ3n) is 2.72. The Bertz CT molecular complexity index is 104. The van der Waals surface area contributed by atoms with Crippen molar-refractivity contribution in [3.63, 3.8) is 0 Å². The van der Waals surface area contributed by atoms with Crippen LogP contribution in [0.4, 0.5) is 0 Å². The largest absolute Gasteiger partial charge is 0.374 e. The standard InChI is InChI=1S/C9H16OS/c1-2-6-10-9(4-1)5-3-7-11-8-9/h1-8H2. The number of thioether (sulfide) groups is 1. The summed E-state index contributed by atoms with van der Waals surface area (Å²) in [4.78, 5) is 0. The first-order valence-electron chi connectivity index (χ1n) is 4.63. The highest BCUT2D eigenvalue weighted by Gasteiger charge is 2.34. The van der Waals surface area contributed by atoms with Gasteiger partial charge in [-0.15, -0.1) is 0 Å². The maximum Gasteiger partial charge on any atom is 0.0772 e. The first-order chi connectivity index (χ1) is 5.41. The molecular weight excluding hydrogens is 156 g/mol. The highest BCUT2D eigenvalue weighted by atomic mass is 32.2. The van der Waals surface area contributed by atoms with Gasteiger partial charge in [0.2, 0.25) is 0 Å². The lowest BCUT2D eigenvalue weighted by atomic mass is 9.91. The molecule has 1 nitrogen and oxygen atoms in total. The van der Waals surface area contributed by atoms with Gasteiger partial charge in [0.15, 0.2) is 0 Å². The highest BCUT2D eigenvalue weighted by molar-refractivity contribution is 7.99. The molecule has 11 heavy (non-hydrogen) atoms. The van der Waals surface area contributed by atoms with Crippen molar-refractivity contribution in [2.24, 2.45) is 0 Å². The summed E-state index contributed by atoms with van der Waals surface area (Å²) in [6, 6.07) is 0. The Morgan fingerprint density at radius 1 is 1.09 bits per heavy atom. The van der Waals surface area contributed by atoms with Crippen molar-refractivity contribution in [2.45, 2.75) is 37.7 Å². The molecule has 0 amide bonds. The molecular formula is C9H16OS. The van der Waals surface area contributed by atoms with Crippen LogP contribution in [0.5, 0.6) is 0 Å². The first-order valence-corrected chi connectivity index (χ1v) is 5.79. The van der Waals surface area contributed by atoms with Crippen molar-refractivity contribution in [1.82, 2.24) is 0 Å². The predicted octanol–water partition coefficient (Wildman–Crippen LogP) is 2.45. The second-order valence-electron chi connectivity index (χ2n) is 3.64. The van der Waals surface area contributed by atoms with E-state index in [1.807, 2.05) is 0 Å². The smallest absolute Gasteiger partial charge is 0.0772 e. The van der Waals surface area contributed by atoms with Crippen molar-refractivity contribution in [3.8, 4) is 0 Å². The molecule has 2 fully saturated rings. The van der Waals surface area contributed by atoms with Crippen molar-refractivity contribution >= 4 is 11.8 Å². The monoisotopic (exact) mass is 172 g/mol. The quantitative estimate of drug-likeness (QED) is 0.555. The molecule has 1 spiro atoms. The van der Waals surface area contributed by atoms with Gasteiger partial charge in [0, 0.05) is 12.4 Å². The van der Waals surface area contributed by atoms with Gasteiger partial charge in [-0.3, -0.25) is 0 Å². The fourth-order valence-corrected chi connectivity index (χ4v) is 3.28. The summed E-state index contributed by atoms with van der Waals surface area (Å²) in [6.07, 6.45) is 6.68. The third kappa shape index (κ3) is 1.73. The summed E-state index contributed by atoms with van der Waals surface area (Å²) in [6.45, 7) is 1.01. The normalized spacial score (nSPS) is 39.3. The van der Waals surface area contributed by atoms with Crippen LogP contribution in [0.15, 0.2) is 0 Å². The van der Waals surface area contributed by atoms with E-state index in [0.29, 0.717) is 5.60 Å². The van der Waals surface area contributed by atoms with E-state index in [1.165, 1.54) is 43.6 Å². The van der Waals surface area contributed by atoms with E-state index in [9.17, 15) is 0 Å². The van der Waals surface area contributed by atoms with Gasteiger partial charge in [0.25, 0.3) is 0 Å². The molecule has 64 valence electrons. The Kier molecular flexibility index (Phi) is 2.42. The molecule has 1 unspecified atom stereocenters. The van der Waals surface area contributed by atoms with Crippen LogP contribution >= 0.6 is 11.8 Å². The van der Waals surface area contributed by atoms with Gasteiger partial charge < -0.3 is 4.74 Å². The molecule has 0 aliphatic carbocycles. The Labute approximate surface area is 72.9 Å². The second-order valence-corrected chi connectivity index (χ2v) is 4.75. The zero-order valence-electron chi connectivity index (χ0n) is 6.97. The molecule has 2 saturated heterocycles. The summed E-state index contributed by atoms with van der Waals surface area (Å²) in [5, 5.41) is 0. The molecule has 0 bridgehead atoms. The van der Waals surface area contributed by atoms with E-state index in [4.69, 9.17) is 4.74 Å². The molecule has 0 saturated carbocycles. The summed E-state index contributed by atoms with van der Waals surface area (Å²) in [5.41, 5.74) is 0.321. The molecule has 0 N–H and O–H groups in total. The van der Waals surface area contributed by atoms with Gasteiger partial charge in [-0.2, -0.15) is 11.8 Å². The van der Waals surface area contributed by atoms with Crippen molar-refractivity contribution in [3.05, 3.63) is 0 Å². The maximum atomic E-state index is 5.89. The minimum Gasteiger partial charge on any atom is -0.374 e. The van der Waals surface area contributed by atoms with Gasteiger partial charge in [-0.25, -0.2) is 0 Å². The summed E-state index contributed by atoms with van der Waals surface area (Å²) in [7, 11) is 0. The molecule has 0 aromatic carbocycles. The molecule has 2 rings (SSSR count). The number of hydrogen-bond donors (Lipinski definition) is 0. The van der Waals surface area contributed by atoms with Crippen LogP contribution in [-0.2, 0) is 4.74 Å². The molecule has 2 aliphatic heterocycles. The van der Waals surface area contributed by atoms with Gasteiger partial charge in [-0.05, 0) is 37.9 Å². The minimum atomic E-state index is 0.321. The van der Waals surface area contributed by atoms with Gasteiger partial charge in [-0.1, -0.05) is 0 Å². The Hall–Kier alpha value is 0.310. The number of rotatable bonds is 0. The first kappa shape index (κ1) is 7.93. The highest BCUT2D eigenvalue weighted by Crippen LogP contribution is 2.36. The molecule has 2 aliphatic rings. The van der Waals surface area contributed by atoms with Crippen LogP contribution in [0.2, 0.25) is 0 Å². The van der Waals surface area contributed by atoms with E-state index in [2.05, 4.69) is 11.8 Å². The fourth-order valence-electron chi connectivity index (χ4n) is 2.05. The molecule has 0 radical (unpaired) electrons. The van der Waals surface area contributed by atoms with Crippen LogP contribution in [0.25, 0.3) is 0 Å². The van der Waals surface area contributed by atoms with Crippen LogP contribution in [0.3, 0.4) is 0 Å². The van der Waals surface area contributed by atoms with Crippen LogP contribution in [0.1, 0.15) is 32.1 Å². The summed E-state index contributed by atoms with van der Waals surface area (Å²) in [5.74, 6) is 2.61. The average molecular weight is 172 g/mol. The fraction of sp³-hybridized carbons (Fsp3) is 1.00. The second kappa shape index (κ2) is 3.36. The van der Waals surface area contributed by atoms with Gasteiger partial charge in [0.05, 0.1) is 5.60 Å². The van der Waals surface area contributed by atoms with E-state index in [1.54, 1.807) is 0 Å². The van der Waals surface area contributed by atoms with Crippen molar-refractivity contribution < 1.29 is 4.74 Å². The lowest BCUT2D eigenvalue weighted by Crippen LogP contribution is -2.41. The van der Waals surface area contributed by atoms with Crippen molar-refractivity contribution in [2.75, 3.05) is 18.1 Å². The Morgan fingerprint density at radius 3 is 2.64 bits per heavy atom. The van der Waals surface area contributed by atoms with Gasteiger partial charge in [0.1, 0.15) is 0 Å². The van der Waals surface area contributed by atoms with Crippen molar-refractivity contribution in [1.29, 1.82) is 0 Å². The lowest BCUT2D eigenvalue weighted by Gasteiger charge is -2.39. The number of hydrogen-bond acceptors (Lipinski definition) is 2. The van der Waals surface area contributed by atoms with Crippen LogP contribution in [-0.4, -0.2) is 23.7 Å². The Balaban J connectivity index is 1.94. The lowest BCUT2D eigenvalue weighted by molar-refractivity contribution is -0.0682. The van der Waals surface area contributed by atoms with E-state index in [0.717, 1.165) is 6.61 Å². The van der Waals surface area contributed by atoms with Crippen LogP contribution < -0.4 is 0 Å². The third-order valence-corrected chi connectivity index (χ3v) is 4.03. The van der Waals surface area contributed by atoms with E-state index >= 15 is 0 Å². The summed E-state index contributed by atoms with van der Waals surface area (Å²) < 4.78 is 5.89. The maximum absolute atomic E-state index is 5.89. The molecule has 0 aromatic heterocycles. The molecule has 1 atom stereocenters. The Morgan fingerprint density at radius 2 is 2.00 bits per heavy atom. The molecule has 2 heteroatoms. The SMILES string of the molecule is C1CCC2(CCCSC2)OC1. The topological polar surface area (TPSA) is 9.23 Å². The molecule has 0 aromatic rings.